The van der Waals surface area contributed by atoms with Crippen LogP contribution in [-0.2, 0) is 16.0 Å². The van der Waals surface area contributed by atoms with Crippen LogP contribution in [0.5, 0.6) is 0 Å². The fourth-order valence-electron chi connectivity index (χ4n) is 2.20. The number of anilines is 1. The molecule has 1 saturated heterocycles. The standard InChI is InChI=1S/C15H16N2O2S/c18-14(12-6-7-19-9-12)17-15-16-13(10-20-15)8-11-4-2-1-3-5-11/h1-5,10,12H,6-9H2,(H,16,17,18). The molecular weight excluding hydrogens is 272 g/mol. The van der Waals surface area contributed by atoms with Gasteiger partial charge in [-0.1, -0.05) is 30.3 Å². The van der Waals surface area contributed by atoms with Crippen molar-refractivity contribution in [3.63, 3.8) is 0 Å². The Hall–Kier alpha value is -1.72. The molecule has 0 aliphatic carbocycles. The van der Waals surface area contributed by atoms with Crippen molar-refractivity contribution in [1.29, 1.82) is 0 Å². The third-order valence-corrected chi connectivity index (χ3v) is 4.12. The highest BCUT2D eigenvalue weighted by Gasteiger charge is 2.24. The van der Waals surface area contributed by atoms with Crippen LogP contribution in [0.25, 0.3) is 0 Å². The molecule has 3 rings (SSSR count). The maximum Gasteiger partial charge on any atom is 0.231 e. The van der Waals surface area contributed by atoms with E-state index in [1.54, 1.807) is 0 Å². The van der Waals surface area contributed by atoms with Crippen LogP contribution in [0.3, 0.4) is 0 Å². The van der Waals surface area contributed by atoms with E-state index in [9.17, 15) is 4.79 Å². The van der Waals surface area contributed by atoms with Gasteiger partial charge in [-0.3, -0.25) is 4.79 Å². The van der Waals surface area contributed by atoms with Crippen molar-refractivity contribution in [1.82, 2.24) is 4.98 Å². The molecule has 104 valence electrons. The molecule has 0 saturated carbocycles. The van der Waals surface area contributed by atoms with Crippen LogP contribution < -0.4 is 5.32 Å². The Balaban J connectivity index is 1.60. The SMILES string of the molecule is O=C(Nc1nc(Cc2ccccc2)cs1)C1CCOC1. The minimum atomic E-state index is -0.0310. The summed E-state index contributed by atoms with van der Waals surface area (Å²) in [5.74, 6) is -0.0143. The van der Waals surface area contributed by atoms with Gasteiger partial charge >= 0.3 is 0 Å². The Labute approximate surface area is 121 Å². The van der Waals surface area contributed by atoms with Crippen LogP contribution in [0.2, 0.25) is 0 Å². The first kappa shape index (κ1) is 13.3. The van der Waals surface area contributed by atoms with Gasteiger partial charge in [0, 0.05) is 18.4 Å². The zero-order chi connectivity index (χ0) is 13.8. The molecular formula is C15H16N2O2S. The monoisotopic (exact) mass is 288 g/mol. The zero-order valence-electron chi connectivity index (χ0n) is 11.0. The molecule has 1 aromatic carbocycles. The predicted molar refractivity (Wildman–Crippen MR) is 78.9 cm³/mol. The van der Waals surface area contributed by atoms with E-state index in [-0.39, 0.29) is 11.8 Å². The summed E-state index contributed by atoms with van der Waals surface area (Å²) in [6.45, 7) is 1.20. The molecule has 1 amide bonds. The number of aromatic nitrogens is 1. The number of benzene rings is 1. The van der Waals surface area contributed by atoms with Crippen LogP contribution >= 0.6 is 11.3 Å². The molecule has 0 radical (unpaired) electrons. The van der Waals surface area contributed by atoms with E-state index in [4.69, 9.17) is 4.74 Å². The lowest BCUT2D eigenvalue weighted by atomic mass is 10.1. The van der Waals surface area contributed by atoms with E-state index in [0.717, 1.165) is 18.5 Å². The Morgan fingerprint density at radius 2 is 2.25 bits per heavy atom. The fraction of sp³-hybridized carbons (Fsp3) is 0.333. The number of amides is 1. The van der Waals surface area contributed by atoms with Crippen molar-refractivity contribution in [3.05, 3.63) is 47.0 Å². The number of hydrogen-bond donors (Lipinski definition) is 1. The minimum absolute atomic E-state index is 0.0168. The highest BCUT2D eigenvalue weighted by atomic mass is 32.1. The van der Waals surface area contributed by atoms with Crippen LogP contribution in [-0.4, -0.2) is 24.1 Å². The van der Waals surface area contributed by atoms with Crippen molar-refractivity contribution in [2.75, 3.05) is 18.5 Å². The number of ether oxygens (including phenoxy) is 1. The van der Waals surface area contributed by atoms with E-state index in [1.165, 1.54) is 16.9 Å². The first-order valence-electron chi connectivity index (χ1n) is 6.68. The van der Waals surface area contributed by atoms with Gasteiger partial charge in [-0.15, -0.1) is 11.3 Å². The number of nitrogens with zero attached hydrogens (tertiary/aromatic N) is 1. The predicted octanol–water partition coefficient (Wildman–Crippen LogP) is 2.71. The Morgan fingerprint density at radius 1 is 1.40 bits per heavy atom. The second-order valence-corrected chi connectivity index (χ2v) is 5.71. The topological polar surface area (TPSA) is 51.2 Å². The number of rotatable bonds is 4. The molecule has 5 heteroatoms. The van der Waals surface area contributed by atoms with Gasteiger partial charge in [-0.25, -0.2) is 4.98 Å². The van der Waals surface area contributed by atoms with Crippen molar-refractivity contribution in [2.45, 2.75) is 12.8 Å². The van der Waals surface area contributed by atoms with Crippen molar-refractivity contribution >= 4 is 22.4 Å². The average Bonchev–Trinajstić information content (AvgIpc) is 3.11. The maximum absolute atomic E-state index is 12.0. The molecule has 1 atom stereocenters. The smallest absolute Gasteiger partial charge is 0.231 e. The molecule has 2 heterocycles. The molecule has 4 nitrogen and oxygen atoms in total. The number of hydrogen-bond acceptors (Lipinski definition) is 4. The highest BCUT2D eigenvalue weighted by molar-refractivity contribution is 7.13. The summed E-state index contributed by atoms with van der Waals surface area (Å²) in [6.07, 6.45) is 1.59. The zero-order valence-corrected chi connectivity index (χ0v) is 11.9. The van der Waals surface area contributed by atoms with E-state index in [2.05, 4.69) is 22.4 Å². The van der Waals surface area contributed by atoms with E-state index >= 15 is 0 Å². The van der Waals surface area contributed by atoms with Gasteiger partial charge in [0.2, 0.25) is 5.91 Å². The lowest BCUT2D eigenvalue weighted by molar-refractivity contribution is -0.119. The first-order chi connectivity index (χ1) is 9.81. The third-order valence-electron chi connectivity index (χ3n) is 3.31. The van der Waals surface area contributed by atoms with Gasteiger partial charge in [0.05, 0.1) is 18.2 Å². The summed E-state index contributed by atoms with van der Waals surface area (Å²) in [4.78, 5) is 16.4. The maximum atomic E-state index is 12.0. The summed E-state index contributed by atoms with van der Waals surface area (Å²) in [5.41, 5.74) is 2.21. The molecule has 1 N–H and O–H groups in total. The Morgan fingerprint density at radius 3 is 3.00 bits per heavy atom. The largest absolute Gasteiger partial charge is 0.381 e. The quantitative estimate of drug-likeness (QED) is 0.941. The van der Waals surface area contributed by atoms with Gasteiger partial charge in [0.1, 0.15) is 0 Å². The molecule has 2 aromatic rings. The van der Waals surface area contributed by atoms with Gasteiger partial charge < -0.3 is 10.1 Å². The Bertz CT molecular complexity index is 577. The summed E-state index contributed by atoms with van der Waals surface area (Å²) >= 11 is 1.47. The average molecular weight is 288 g/mol. The molecule has 1 aliphatic rings. The molecule has 20 heavy (non-hydrogen) atoms. The second kappa shape index (κ2) is 6.15. The summed E-state index contributed by atoms with van der Waals surface area (Å²) in [6, 6.07) is 10.2. The summed E-state index contributed by atoms with van der Waals surface area (Å²) in [5, 5.41) is 5.55. The lowest BCUT2D eigenvalue weighted by Crippen LogP contribution is -2.22. The van der Waals surface area contributed by atoms with Gasteiger partial charge in [0.25, 0.3) is 0 Å². The Kier molecular flexibility index (Phi) is 4.08. The highest BCUT2D eigenvalue weighted by Crippen LogP contribution is 2.20. The number of carbonyl (C=O) groups is 1. The van der Waals surface area contributed by atoms with Crippen LogP contribution in [0.4, 0.5) is 5.13 Å². The van der Waals surface area contributed by atoms with E-state index in [0.29, 0.717) is 18.3 Å². The van der Waals surface area contributed by atoms with Gasteiger partial charge in [0.15, 0.2) is 5.13 Å². The van der Waals surface area contributed by atoms with E-state index in [1.807, 2.05) is 23.6 Å². The fourth-order valence-corrected chi connectivity index (χ4v) is 2.91. The molecule has 1 aliphatic heterocycles. The summed E-state index contributed by atoms with van der Waals surface area (Å²) < 4.78 is 5.22. The third kappa shape index (κ3) is 3.23. The molecule has 1 unspecified atom stereocenters. The summed E-state index contributed by atoms with van der Waals surface area (Å²) in [7, 11) is 0. The molecule has 1 fully saturated rings. The number of thiazole rings is 1. The number of nitrogens with one attached hydrogen (secondary N) is 1. The van der Waals surface area contributed by atoms with Gasteiger partial charge in [-0.2, -0.15) is 0 Å². The molecule has 0 bridgehead atoms. The number of carbonyl (C=O) groups excluding carboxylic acids is 1. The van der Waals surface area contributed by atoms with E-state index < -0.39 is 0 Å². The van der Waals surface area contributed by atoms with Crippen molar-refractivity contribution < 1.29 is 9.53 Å². The van der Waals surface area contributed by atoms with Crippen molar-refractivity contribution in [3.8, 4) is 0 Å². The lowest BCUT2D eigenvalue weighted by Gasteiger charge is -2.06. The normalized spacial score (nSPS) is 18.1. The van der Waals surface area contributed by atoms with Gasteiger partial charge in [-0.05, 0) is 12.0 Å². The van der Waals surface area contributed by atoms with Crippen LogP contribution in [0.15, 0.2) is 35.7 Å². The van der Waals surface area contributed by atoms with Crippen LogP contribution in [0.1, 0.15) is 17.7 Å². The molecule has 0 spiro atoms. The van der Waals surface area contributed by atoms with Crippen molar-refractivity contribution in [2.24, 2.45) is 5.92 Å². The minimum Gasteiger partial charge on any atom is -0.381 e. The molecule has 1 aromatic heterocycles. The first-order valence-corrected chi connectivity index (χ1v) is 7.56. The van der Waals surface area contributed by atoms with Crippen LogP contribution in [0, 0.1) is 5.92 Å². The second-order valence-electron chi connectivity index (χ2n) is 4.86.